The molecule has 0 aromatic heterocycles. The molecule has 0 aromatic rings. The predicted octanol–water partition coefficient (Wildman–Crippen LogP) is 12.1. The molecule has 3 fully saturated rings. The van der Waals surface area contributed by atoms with Gasteiger partial charge in [0.05, 0.1) is 0 Å². The van der Waals surface area contributed by atoms with Crippen LogP contribution in [0.1, 0.15) is 139 Å². The molecule has 4 rings (SSSR count). The molecule has 1 nitrogen and oxygen atoms in total. The minimum absolute atomic E-state index is 0.285. The Hall–Kier alpha value is -0.603. The molecule has 228 valence electrons. The number of fused-ring (bicyclic) bond motifs is 5. The quantitative estimate of drug-likeness (QED) is 0.189. The summed E-state index contributed by atoms with van der Waals surface area (Å²) in [5.74, 6) is 4.21. The van der Waals surface area contributed by atoms with Gasteiger partial charge in [0.15, 0.2) is 8.32 Å². The van der Waals surface area contributed by atoms with Crippen LogP contribution in [0.25, 0.3) is 0 Å². The Morgan fingerprint density at radius 1 is 0.975 bits per heavy atom. The van der Waals surface area contributed by atoms with E-state index in [0.717, 1.165) is 36.0 Å². The molecule has 2 heteroatoms. The first kappa shape index (κ1) is 32.3. The van der Waals surface area contributed by atoms with Gasteiger partial charge in [-0.05, 0) is 130 Å². The minimum atomic E-state index is -1.73. The zero-order chi connectivity index (χ0) is 29.5. The molecule has 0 saturated heterocycles. The van der Waals surface area contributed by atoms with E-state index in [9.17, 15) is 0 Å². The van der Waals surface area contributed by atoms with Crippen molar-refractivity contribution in [1.29, 1.82) is 0 Å². The summed E-state index contributed by atoms with van der Waals surface area (Å²) in [4.78, 5) is 0. The van der Waals surface area contributed by atoms with Crippen LogP contribution in [0.5, 0.6) is 0 Å². The highest BCUT2D eigenvalue weighted by Crippen LogP contribution is 2.66. The third-order valence-electron chi connectivity index (χ3n) is 12.9. The smallest absolute Gasteiger partial charge is 0.192 e. The maximum absolute atomic E-state index is 6.97. The largest absolute Gasteiger partial charge is 0.414 e. The lowest BCUT2D eigenvalue weighted by Gasteiger charge is -2.56. The molecule has 7 atom stereocenters. The first-order valence-corrected chi connectivity index (χ1v) is 20.2. The lowest BCUT2D eigenvalue weighted by molar-refractivity contribution is 0.0302. The van der Waals surface area contributed by atoms with Gasteiger partial charge in [-0.15, -0.1) is 0 Å². The number of hydrogen-bond acceptors (Lipinski definition) is 1. The SMILES string of the molecule is CC(C)=CCC[C@H](CCCC(C)C)[C@H]1CC[C@H]2C3=CC=C4CC(O[Si](C)(C)C(C)(C)C)CC[C@]4(C)[C@H]3CC[C@]12C. The summed E-state index contributed by atoms with van der Waals surface area (Å²) >= 11 is 0. The Morgan fingerprint density at radius 2 is 1.70 bits per heavy atom. The standard InChI is InChI=1S/C38H66OSi/c1-27(2)14-12-16-29(17-13-15-28(3)4)33-20-21-34-32-19-18-30-26-31(39-40(10,11)36(5,6)7)22-24-37(30,8)35(32)23-25-38(33,34)9/h14,18-19,28-29,31,33-35H,12-13,15-17,20-26H2,1-11H3/t29-,31?,33-,34+,35+,37+,38-/m1/s1. The van der Waals surface area contributed by atoms with E-state index >= 15 is 0 Å². The Labute approximate surface area is 251 Å². The van der Waals surface area contributed by atoms with Gasteiger partial charge in [0.2, 0.25) is 0 Å². The molecule has 0 amide bonds. The monoisotopic (exact) mass is 566 g/mol. The van der Waals surface area contributed by atoms with Crippen LogP contribution in [0.2, 0.25) is 18.1 Å². The fourth-order valence-corrected chi connectivity index (χ4v) is 10.8. The molecule has 4 aliphatic carbocycles. The lowest BCUT2D eigenvalue weighted by Crippen LogP contribution is -2.49. The molecule has 0 N–H and O–H groups in total. The van der Waals surface area contributed by atoms with Gasteiger partial charge in [-0.2, -0.15) is 0 Å². The average Bonchev–Trinajstić information content (AvgIpc) is 3.19. The molecule has 0 radical (unpaired) electrons. The summed E-state index contributed by atoms with van der Waals surface area (Å²) in [6.45, 7) is 26.7. The van der Waals surface area contributed by atoms with Gasteiger partial charge >= 0.3 is 0 Å². The third-order valence-corrected chi connectivity index (χ3v) is 17.4. The second-order valence-corrected chi connectivity index (χ2v) is 22.1. The molecular weight excluding hydrogens is 501 g/mol. The highest BCUT2D eigenvalue weighted by atomic mass is 28.4. The third kappa shape index (κ3) is 6.49. The first-order chi connectivity index (χ1) is 18.6. The average molecular weight is 567 g/mol. The van der Waals surface area contributed by atoms with Crippen molar-refractivity contribution >= 4 is 8.32 Å². The van der Waals surface area contributed by atoms with Crippen LogP contribution < -0.4 is 0 Å². The molecule has 0 bridgehead atoms. The second kappa shape index (κ2) is 12.2. The lowest BCUT2D eigenvalue weighted by atomic mass is 9.49. The topological polar surface area (TPSA) is 9.23 Å². The second-order valence-electron chi connectivity index (χ2n) is 17.3. The van der Waals surface area contributed by atoms with Crippen molar-refractivity contribution in [2.45, 2.75) is 164 Å². The van der Waals surface area contributed by atoms with Gasteiger partial charge in [0.1, 0.15) is 0 Å². The van der Waals surface area contributed by atoms with Gasteiger partial charge in [0, 0.05) is 6.10 Å². The predicted molar refractivity (Wildman–Crippen MR) is 178 cm³/mol. The van der Waals surface area contributed by atoms with E-state index in [0.29, 0.717) is 16.9 Å². The summed E-state index contributed by atoms with van der Waals surface area (Å²) in [5, 5.41) is 0.285. The van der Waals surface area contributed by atoms with Crippen LogP contribution in [-0.4, -0.2) is 14.4 Å². The van der Waals surface area contributed by atoms with E-state index in [1.165, 1.54) is 76.2 Å². The Kier molecular flexibility index (Phi) is 9.84. The number of rotatable bonds is 10. The number of allylic oxidation sites excluding steroid dienone is 5. The van der Waals surface area contributed by atoms with Crippen molar-refractivity contribution < 1.29 is 4.43 Å². The van der Waals surface area contributed by atoms with Crippen molar-refractivity contribution in [2.24, 2.45) is 40.4 Å². The molecule has 0 aliphatic heterocycles. The highest BCUT2D eigenvalue weighted by Gasteiger charge is 2.57. The van der Waals surface area contributed by atoms with Crippen molar-refractivity contribution in [2.75, 3.05) is 0 Å². The molecule has 40 heavy (non-hydrogen) atoms. The summed E-state index contributed by atoms with van der Waals surface area (Å²) in [5.41, 5.74) is 5.92. The van der Waals surface area contributed by atoms with Gasteiger partial charge in [-0.1, -0.05) is 103 Å². The maximum atomic E-state index is 6.97. The van der Waals surface area contributed by atoms with E-state index in [4.69, 9.17) is 4.43 Å². The van der Waals surface area contributed by atoms with Gasteiger partial charge in [-0.25, -0.2) is 0 Å². The van der Waals surface area contributed by atoms with Crippen molar-refractivity contribution in [3.63, 3.8) is 0 Å². The van der Waals surface area contributed by atoms with Crippen molar-refractivity contribution in [3.8, 4) is 0 Å². The zero-order valence-electron chi connectivity index (χ0n) is 28.6. The van der Waals surface area contributed by atoms with E-state index in [1.54, 1.807) is 5.57 Å². The van der Waals surface area contributed by atoms with E-state index < -0.39 is 8.32 Å². The first-order valence-electron chi connectivity index (χ1n) is 17.3. The van der Waals surface area contributed by atoms with Crippen molar-refractivity contribution in [1.82, 2.24) is 0 Å². The maximum Gasteiger partial charge on any atom is 0.192 e. The van der Waals surface area contributed by atoms with E-state index in [2.05, 4.69) is 93.6 Å². The summed E-state index contributed by atoms with van der Waals surface area (Å²) < 4.78 is 6.97. The van der Waals surface area contributed by atoms with Gasteiger partial charge in [0.25, 0.3) is 0 Å². The van der Waals surface area contributed by atoms with Crippen molar-refractivity contribution in [3.05, 3.63) is 34.9 Å². The van der Waals surface area contributed by atoms with Gasteiger partial charge in [-0.3, -0.25) is 0 Å². The fraction of sp³-hybridized carbons (Fsp3) is 0.842. The summed E-state index contributed by atoms with van der Waals surface area (Å²) in [6.07, 6.45) is 24.6. The van der Waals surface area contributed by atoms with E-state index in [-0.39, 0.29) is 5.04 Å². The molecule has 0 heterocycles. The number of hydrogen-bond donors (Lipinski definition) is 0. The van der Waals surface area contributed by atoms with Gasteiger partial charge < -0.3 is 4.43 Å². The van der Waals surface area contributed by atoms with Crippen LogP contribution >= 0.6 is 0 Å². The molecule has 1 unspecified atom stereocenters. The fourth-order valence-electron chi connectivity index (χ4n) is 9.40. The van der Waals surface area contributed by atoms with Crippen LogP contribution in [0.15, 0.2) is 34.9 Å². The zero-order valence-corrected chi connectivity index (χ0v) is 29.6. The Morgan fingerprint density at radius 3 is 2.35 bits per heavy atom. The molecule has 0 spiro atoms. The van der Waals surface area contributed by atoms with Crippen LogP contribution in [0.4, 0.5) is 0 Å². The normalized spacial score (nSPS) is 34.9. The Bertz CT molecular complexity index is 972. The van der Waals surface area contributed by atoms with E-state index in [1.807, 2.05) is 5.57 Å². The summed E-state index contributed by atoms with van der Waals surface area (Å²) in [6, 6.07) is 0. The minimum Gasteiger partial charge on any atom is -0.414 e. The van der Waals surface area contributed by atoms with Crippen LogP contribution in [0.3, 0.4) is 0 Å². The molecular formula is C38H66OSi. The molecule has 3 saturated carbocycles. The Balaban J connectivity index is 1.52. The van der Waals surface area contributed by atoms with Crippen LogP contribution in [0, 0.1) is 40.4 Å². The highest BCUT2D eigenvalue weighted by molar-refractivity contribution is 6.74. The van der Waals surface area contributed by atoms with Crippen LogP contribution in [-0.2, 0) is 4.43 Å². The molecule has 4 aliphatic rings. The summed E-state index contributed by atoms with van der Waals surface area (Å²) in [7, 11) is -1.73. The molecule has 0 aromatic carbocycles.